The van der Waals surface area contributed by atoms with Gasteiger partial charge in [0.2, 0.25) is 0 Å². The number of benzene rings is 2. The second-order valence-electron chi connectivity index (χ2n) is 9.30. The topological polar surface area (TPSA) is 32.8 Å². The van der Waals surface area contributed by atoms with Gasteiger partial charge in [-0.25, -0.2) is 4.39 Å². The lowest BCUT2D eigenvalue weighted by Gasteiger charge is -2.47. The van der Waals surface area contributed by atoms with Gasteiger partial charge in [0.05, 0.1) is 6.61 Å². The van der Waals surface area contributed by atoms with Gasteiger partial charge in [-0.2, -0.15) is 0 Å². The summed E-state index contributed by atoms with van der Waals surface area (Å²) in [6.45, 7) is 6.23. The van der Waals surface area contributed by atoms with Crippen molar-refractivity contribution in [2.75, 3.05) is 39.4 Å². The Balaban J connectivity index is 1.31. The summed E-state index contributed by atoms with van der Waals surface area (Å²) < 4.78 is 19.5. The third kappa shape index (κ3) is 3.44. The van der Waals surface area contributed by atoms with Gasteiger partial charge in [-0.15, -0.1) is 0 Å². The number of likely N-dealkylation sites (tertiary alicyclic amines) is 2. The molecule has 0 bridgehead atoms. The van der Waals surface area contributed by atoms with E-state index in [2.05, 4.69) is 35.2 Å². The van der Waals surface area contributed by atoms with Gasteiger partial charge in [-0.05, 0) is 48.4 Å². The first kappa shape index (κ1) is 19.7. The summed E-state index contributed by atoms with van der Waals surface area (Å²) in [4.78, 5) is 17.4. The molecule has 5 rings (SSSR count). The molecule has 3 heterocycles. The van der Waals surface area contributed by atoms with Crippen molar-refractivity contribution in [1.82, 2.24) is 9.80 Å². The first-order chi connectivity index (χ1) is 14.6. The van der Waals surface area contributed by atoms with E-state index in [0.29, 0.717) is 5.56 Å². The summed E-state index contributed by atoms with van der Waals surface area (Å²) in [5.41, 5.74) is 2.18. The van der Waals surface area contributed by atoms with Gasteiger partial charge in [0.1, 0.15) is 5.82 Å². The van der Waals surface area contributed by atoms with E-state index in [9.17, 15) is 9.18 Å². The first-order valence-corrected chi connectivity index (χ1v) is 11.0. The number of hydrogen-bond acceptors (Lipinski definition) is 3. The predicted octanol–water partition coefficient (Wildman–Crippen LogP) is 3.97. The molecule has 5 heteroatoms. The normalized spacial score (nSPS) is 26.0. The zero-order chi connectivity index (χ0) is 20.6. The van der Waals surface area contributed by atoms with Gasteiger partial charge in [0.15, 0.2) is 0 Å². The molecule has 0 unspecified atom stereocenters. The van der Waals surface area contributed by atoms with Crippen LogP contribution in [0.15, 0.2) is 54.6 Å². The van der Waals surface area contributed by atoms with Gasteiger partial charge in [-0.1, -0.05) is 36.4 Å². The molecule has 0 aromatic heterocycles. The van der Waals surface area contributed by atoms with Crippen LogP contribution in [0, 0.1) is 16.6 Å². The van der Waals surface area contributed by atoms with E-state index in [1.807, 2.05) is 4.90 Å². The summed E-state index contributed by atoms with van der Waals surface area (Å²) >= 11 is 0. The Morgan fingerprint density at radius 1 is 0.967 bits per heavy atom. The number of ether oxygens (including phenoxy) is 1. The Bertz CT molecular complexity index is 902. The van der Waals surface area contributed by atoms with Gasteiger partial charge in [0.25, 0.3) is 5.91 Å². The van der Waals surface area contributed by atoms with Gasteiger partial charge in [-0.3, -0.25) is 9.69 Å². The maximum atomic E-state index is 13.6. The molecule has 3 aliphatic rings. The quantitative estimate of drug-likeness (QED) is 0.770. The fourth-order valence-electron chi connectivity index (χ4n) is 5.98. The molecule has 3 aliphatic heterocycles. The molecule has 3 fully saturated rings. The molecule has 1 atom stereocenters. The molecule has 0 radical (unpaired) electrons. The van der Waals surface area contributed by atoms with E-state index in [1.165, 1.54) is 17.7 Å². The van der Waals surface area contributed by atoms with Gasteiger partial charge in [0, 0.05) is 50.3 Å². The Morgan fingerprint density at radius 3 is 2.43 bits per heavy atom. The molecular formula is C25H29FN2O2. The molecule has 3 saturated heterocycles. The number of amides is 1. The van der Waals surface area contributed by atoms with Crippen molar-refractivity contribution in [1.29, 1.82) is 0 Å². The van der Waals surface area contributed by atoms with Crippen LogP contribution in [0.25, 0.3) is 0 Å². The SMILES string of the molecule is O=C(c1cccc(F)c1)N1CCC2(CC1)CN(Cc1ccccc1)C[C@@]21CCOC1. The molecule has 0 N–H and O–H groups in total. The summed E-state index contributed by atoms with van der Waals surface area (Å²) in [5, 5.41) is 0. The molecule has 0 aliphatic carbocycles. The van der Waals surface area contributed by atoms with E-state index in [-0.39, 0.29) is 22.6 Å². The van der Waals surface area contributed by atoms with Crippen LogP contribution in [-0.4, -0.2) is 55.1 Å². The van der Waals surface area contributed by atoms with Gasteiger partial charge < -0.3 is 9.64 Å². The van der Waals surface area contributed by atoms with E-state index in [0.717, 1.165) is 65.2 Å². The fourth-order valence-corrected chi connectivity index (χ4v) is 5.98. The number of halogens is 1. The van der Waals surface area contributed by atoms with Crippen LogP contribution in [0.4, 0.5) is 4.39 Å². The Labute approximate surface area is 177 Å². The third-order valence-electron chi connectivity index (χ3n) is 7.61. The van der Waals surface area contributed by atoms with E-state index >= 15 is 0 Å². The number of hydrogen-bond donors (Lipinski definition) is 0. The highest BCUT2D eigenvalue weighted by Gasteiger charge is 2.59. The predicted molar refractivity (Wildman–Crippen MR) is 114 cm³/mol. The molecule has 1 amide bonds. The second kappa shape index (κ2) is 7.78. The minimum Gasteiger partial charge on any atom is -0.381 e. The van der Waals surface area contributed by atoms with Crippen LogP contribution < -0.4 is 0 Å². The molecule has 30 heavy (non-hydrogen) atoms. The summed E-state index contributed by atoms with van der Waals surface area (Å²) in [5.74, 6) is -0.413. The van der Waals surface area contributed by atoms with Crippen LogP contribution in [0.3, 0.4) is 0 Å². The lowest BCUT2D eigenvalue weighted by molar-refractivity contribution is 0.00834. The van der Waals surface area contributed by atoms with E-state index in [1.54, 1.807) is 12.1 Å². The average molecular weight is 409 g/mol. The number of nitrogens with zero attached hydrogens (tertiary/aromatic N) is 2. The highest BCUT2D eigenvalue weighted by Crippen LogP contribution is 2.57. The molecule has 0 saturated carbocycles. The van der Waals surface area contributed by atoms with Crippen molar-refractivity contribution in [2.45, 2.75) is 25.8 Å². The Morgan fingerprint density at radius 2 is 1.73 bits per heavy atom. The molecule has 4 nitrogen and oxygen atoms in total. The second-order valence-corrected chi connectivity index (χ2v) is 9.30. The summed E-state index contributed by atoms with van der Waals surface area (Å²) in [6.07, 6.45) is 3.08. The van der Waals surface area contributed by atoms with Crippen molar-refractivity contribution in [2.24, 2.45) is 10.8 Å². The lowest BCUT2D eigenvalue weighted by atomic mass is 9.60. The van der Waals surface area contributed by atoms with E-state index in [4.69, 9.17) is 4.74 Å². The lowest BCUT2D eigenvalue weighted by Crippen LogP contribution is -2.51. The van der Waals surface area contributed by atoms with Crippen LogP contribution in [0.1, 0.15) is 35.2 Å². The third-order valence-corrected chi connectivity index (χ3v) is 7.61. The van der Waals surface area contributed by atoms with Crippen LogP contribution in [-0.2, 0) is 11.3 Å². The first-order valence-electron chi connectivity index (χ1n) is 11.0. The van der Waals surface area contributed by atoms with Gasteiger partial charge >= 0.3 is 0 Å². The standard InChI is InChI=1S/C25H29FN2O2/c26-22-8-4-7-21(15-22)23(29)28-12-9-24(10-13-28)17-27(16-20-5-2-1-3-6-20)18-25(24)11-14-30-19-25/h1-8,15H,9-14,16-19H2/t25-/m1/s1. The molecule has 158 valence electrons. The fraction of sp³-hybridized carbons (Fsp3) is 0.480. The van der Waals surface area contributed by atoms with Crippen molar-refractivity contribution >= 4 is 5.91 Å². The zero-order valence-corrected chi connectivity index (χ0v) is 17.4. The van der Waals surface area contributed by atoms with Crippen molar-refractivity contribution in [3.63, 3.8) is 0 Å². The van der Waals surface area contributed by atoms with Crippen LogP contribution in [0.5, 0.6) is 0 Å². The molecule has 2 aromatic rings. The minimum atomic E-state index is -0.358. The van der Waals surface area contributed by atoms with Crippen molar-refractivity contribution in [3.8, 4) is 0 Å². The Hall–Kier alpha value is -2.24. The largest absolute Gasteiger partial charge is 0.381 e. The minimum absolute atomic E-state index is 0.0554. The summed E-state index contributed by atoms with van der Waals surface area (Å²) in [7, 11) is 0. The highest BCUT2D eigenvalue weighted by atomic mass is 19.1. The number of piperidine rings is 1. The smallest absolute Gasteiger partial charge is 0.253 e. The highest BCUT2D eigenvalue weighted by molar-refractivity contribution is 5.94. The number of carbonyl (C=O) groups excluding carboxylic acids is 1. The summed E-state index contributed by atoms with van der Waals surface area (Å²) in [6, 6.07) is 16.7. The molecule has 2 aromatic carbocycles. The van der Waals surface area contributed by atoms with Crippen LogP contribution >= 0.6 is 0 Å². The van der Waals surface area contributed by atoms with E-state index < -0.39 is 0 Å². The zero-order valence-electron chi connectivity index (χ0n) is 17.4. The number of carbonyl (C=O) groups is 1. The monoisotopic (exact) mass is 408 g/mol. The average Bonchev–Trinajstić information content (AvgIpc) is 3.35. The molecule has 2 spiro atoms. The van der Waals surface area contributed by atoms with Crippen molar-refractivity contribution < 1.29 is 13.9 Å². The van der Waals surface area contributed by atoms with Crippen molar-refractivity contribution in [3.05, 3.63) is 71.5 Å². The Kier molecular flexibility index (Phi) is 5.11. The van der Waals surface area contributed by atoms with Crippen LogP contribution in [0.2, 0.25) is 0 Å². The number of rotatable bonds is 3. The molecular weight excluding hydrogens is 379 g/mol. The number of fused-ring (bicyclic) bond motifs is 1. The maximum absolute atomic E-state index is 13.6. The maximum Gasteiger partial charge on any atom is 0.253 e.